The third-order valence-electron chi connectivity index (χ3n) is 5.90. The predicted molar refractivity (Wildman–Crippen MR) is 105 cm³/mol. The molecule has 0 aromatic heterocycles. The van der Waals surface area contributed by atoms with Gasteiger partial charge in [0.05, 0.1) is 11.7 Å². The van der Waals surface area contributed by atoms with Crippen LogP contribution in [0.25, 0.3) is 0 Å². The number of aliphatic hydroxyl groups is 1. The number of ether oxygens (including phenoxy) is 1. The van der Waals surface area contributed by atoms with Crippen molar-refractivity contribution in [3.05, 3.63) is 34.9 Å². The fraction of sp³-hybridized carbons (Fsp3) is 0.714. The molecule has 0 spiro atoms. The summed E-state index contributed by atoms with van der Waals surface area (Å²) in [6.07, 6.45) is 4.26. The summed E-state index contributed by atoms with van der Waals surface area (Å²) in [7, 11) is 2.15. The van der Waals surface area contributed by atoms with Gasteiger partial charge in [-0.1, -0.05) is 30.7 Å². The van der Waals surface area contributed by atoms with E-state index in [1.807, 2.05) is 12.1 Å². The van der Waals surface area contributed by atoms with Crippen LogP contribution in [0.15, 0.2) is 24.3 Å². The van der Waals surface area contributed by atoms with Gasteiger partial charge in [0.2, 0.25) is 0 Å². The second-order valence-electron chi connectivity index (χ2n) is 8.09. The first kappa shape index (κ1) is 20.7. The topological polar surface area (TPSA) is 32.7 Å². The minimum absolute atomic E-state index is 0.0770. The van der Waals surface area contributed by atoms with Gasteiger partial charge in [-0.05, 0) is 83.8 Å². The van der Waals surface area contributed by atoms with Gasteiger partial charge in [0, 0.05) is 17.0 Å². The van der Waals surface area contributed by atoms with Crippen LogP contribution in [0.5, 0.6) is 0 Å². The zero-order valence-corrected chi connectivity index (χ0v) is 17.0. The van der Waals surface area contributed by atoms with Crippen molar-refractivity contribution in [1.29, 1.82) is 0 Å². The Hall–Kier alpha value is -0.610. The van der Waals surface area contributed by atoms with Gasteiger partial charge in [0.15, 0.2) is 0 Å². The van der Waals surface area contributed by atoms with E-state index in [1.165, 1.54) is 5.56 Å². The van der Waals surface area contributed by atoms with E-state index in [9.17, 15) is 5.11 Å². The molecule has 1 N–H and O–H groups in total. The van der Waals surface area contributed by atoms with Crippen molar-refractivity contribution < 1.29 is 9.84 Å². The number of benzene rings is 1. The summed E-state index contributed by atoms with van der Waals surface area (Å²) in [4.78, 5) is 2.34. The summed E-state index contributed by atoms with van der Waals surface area (Å²) >= 11 is 6.07. The zero-order chi connectivity index (χ0) is 18.5. The second-order valence-corrected chi connectivity index (χ2v) is 8.52. The van der Waals surface area contributed by atoms with Gasteiger partial charge in [-0.15, -0.1) is 0 Å². The molecule has 1 aliphatic heterocycles. The van der Waals surface area contributed by atoms with E-state index >= 15 is 0 Å². The first-order valence-corrected chi connectivity index (χ1v) is 9.93. The summed E-state index contributed by atoms with van der Waals surface area (Å²) < 4.78 is 5.95. The summed E-state index contributed by atoms with van der Waals surface area (Å²) in [5.41, 5.74) is 0.969. The van der Waals surface area contributed by atoms with E-state index in [0.29, 0.717) is 6.61 Å². The molecule has 1 aliphatic rings. The van der Waals surface area contributed by atoms with E-state index in [1.54, 1.807) is 0 Å². The molecule has 1 saturated heterocycles. The largest absolute Gasteiger partial charge is 0.392 e. The van der Waals surface area contributed by atoms with Crippen LogP contribution in [0.2, 0.25) is 5.02 Å². The molecular weight excluding hydrogens is 334 g/mol. The van der Waals surface area contributed by atoms with Gasteiger partial charge in [-0.3, -0.25) is 0 Å². The lowest BCUT2D eigenvalue weighted by Crippen LogP contribution is -2.48. The van der Waals surface area contributed by atoms with Crippen molar-refractivity contribution in [2.45, 2.75) is 70.0 Å². The Balaban J connectivity index is 2.04. The lowest BCUT2D eigenvalue weighted by molar-refractivity contribution is -0.0311. The molecule has 0 saturated carbocycles. The van der Waals surface area contributed by atoms with Crippen LogP contribution < -0.4 is 0 Å². The van der Waals surface area contributed by atoms with Crippen molar-refractivity contribution in [3.63, 3.8) is 0 Å². The molecule has 2 rings (SSSR count). The van der Waals surface area contributed by atoms with Gasteiger partial charge in [-0.25, -0.2) is 0 Å². The third kappa shape index (κ3) is 5.43. The van der Waals surface area contributed by atoms with Crippen molar-refractivity contribution in [1.82, 2.24) is 4.90 Å². The van der Waals surface area contributed by atoms with Crippen LogP contribution in [0.4, 0.5) is 0 Å². The number of hydrogen-bond donors (Lipinski definition) is 1. The van der Waals surface area contributed by atoms with Gasteiger partial charge < -0.3 is 14.7 Å². The molecule has 142 valence electrons. The van der Waals surface area contributed by atoms with Crippen LogP contribution >= 0.6 is 11.6 Å². The normalized spacial score (nSPS) is 19.8. The van der Waals surface area contributed by atoms with Crippen molar-refractivity contribution in [2.24, 2.45) is 0 Å². The Morgan fingerprint density at radius 3 is 2.40 bits per heavy atom. The number of hydrogen-bond acceptors (Lipinski definition) is 3. The first-order chi connectivity index (χ1) is 11.8. The Bertz CT molecular complexity index is 521. The maximum absolute atomic E-state index is 11.1. The second kappa shape index (κ2) is 8.85. The molecule has 4 heteroatoms. The molecule has 1 aromatic carbocycles. The van der Waals surface area contributed by atoms with E-state index in [4.69, 9.17) is 16.3 Å². The fourth-order valence-electron chi connectivity index (χ4n) is 3.62. The molecule has 0 radical (unpaired) electrons. The minimum atomic E-state index is -0.351. The maximum Gasteiger partial charge on any atom is 0.0638 e. The number of likely N-dealkylation sites (tertiary alicyclic amines) is 1. The molecule has 1 aromatic rings. The van der Waals surface area contributed by atoms with Crippen LogP contribution in [0.1, 0.15) is 58.4 Å². The number of piperidine rings is 1. The average molecular weight is 368 g/mol. The molecular formula is C21H34ClNO2. The van der Waals surface area contributed by atoms with Gasteiger partial charge in [0.25, 0.3) is 0 Å². The number of rotatable bonds is 8. The smallest absolute Gasteiger partial charge is 0.0638 e. The van der Waals surface area contributed by atoms with Crippen molar-refractivity contribution in [2.75, 3.05) is 26.7 Å². The predicted octanol–water partition coefficient (Wildman–Crippen LogP) is 4.65. The highest BCUT2D eigenvalue weighted by molar-refractivity contribution is 6.30. The molecule has 1 fully saturated rings. The fourth-order valence-corrected chi connectivity index (χ4v) is 3.74. The van der Waals surface area contributed by atoms with Crippen molar-refractivity contribution in [3.8, 4) is 0 Å². The molecule has 1 atom stereocenters. The van der Waals surface area contributed by atoms with Gasteiger partial charge >= 0.3 is 0 Å². The zero-order valence-electron chi connectivity index (χ0n) is 16.2. The molecule has 0 bridgehead atoms. The van der Waals surface area contributed by atoms with E-state index in [-0.39, 0.29) is 17.1 Å². The molecule has 0 amide bonds. The van der Waals surface area contributed by atoms with Crippen LogP contribution in [-0.2, 0) is 10.2 Å². The van der Waals surface area contributed by atoms with Crippen LogP contribution in [0.3, 0.4) is 0 Å². The molecule has 3 nitrogen and oxygen atoms in total. The Kier molecular flexibility index (Phi) is 7.33. The molecule has 1 heterocycles. The summed E-state index contributed by atoms with van der Waals surface area (Å²) in [5.74, 6) is 0. The number of aliphatic hydroxyl groups excluding tert-OH is 1. The summed E-state index contributed by atoms with van der Waals surface area (Å²) in [6, 6.07) is 8.06. The minimum Gasteiger partial charge on any atom is -0.392 e. The van der Waals surface area contributed by atoms with E-state index in [0.717, 1.165) is 50.2 Å². The summed E-state index contributed by atoms with van der Waals surface area (Å²) in [6.45, 7) is 9.11. The lowest BCUT2D eigenvalue weighted by Gasteiger charge is -2.44. The Labute approximate surface area is 158 Å². The first-order valence-electron chi connectivity index (χ1n) is 9.56. The average Bonchev–Trinajstić information content (AvgIpc) is 2.60. The monoisotopic (exact) mass is 367 g/mol. The number of nitrogens with zero attached hydrogens (tertiary/aromatic N) is 1. The SMILES string of the molecule is CCC(C)(C)OCCCC(O)C1(c2ccc(Cl)cc2)CCN(C)CC1. The molecule has 1 unspecified atom stereocenters. The van der Waals surface area contributed by atoms with Gasteiger partial charge in [-0.2, -0.15) is 0 Å². The highest BCUT2D eigenvalue weighted by atomic mass is 35.5. The van der Waals surface area contributed by atoms with Crippen LogP contribution in [0, 0.1) is 0 Å². The highest BCUT2D eigenvalue weighted by Gasteiger charge is 2.41. The quantitative estimate of drug-likeness (QED) is 0.679. The highest BCUT2D eigenvalue weighted by Crippen LogP contribution is 2.40. The van der Waals surface area contributed by atoms with Crippen LogP contribution in [-0.4, -0.2) is 48.5 Å². The van der Waals surface area contributed by atoms with Gasteiger partial charge in [0.1, 0.15) is 0 Å². The van der Waals surface area contributed by atoms with Crippen molar-refractivity contribution >= 4 is 11.6 Å². The molecule has 25 heavy (non-hydrogen) atoms. The summed E-state index contributed by atoms with van der Waals surface area (Å²) in [5, 5.41) is 11.9. The standard InChI is InChI=1S/C21H34ClNO2/c1-5-20(2,3)25-16-6-7-19(24)21(12-14-23(4)15-13-21)17-8-10-18(22)11-9-17/h8-11,19,24H,5-7,12-16H2,1-4H3. The molecule has 0 aliphatic carbocycles. The van der Waals surface area contributed by atoms with E-state index in [2.05, 4.69) is 44.9 Å². The van der Waals surface area contributed by atoms with E-state index < -0.39 is 0 Å². The third-order valence-corrected chi connectivity index (χ3v) is 6.15. The maximum atomic E-state index is 11.1. The lowest BCUT2D eigenvalue weighted by atomic mass is 9.68. The Morgan fingerprint density at radius 2 is 1.84 bits per heavy atom. The Morgan fingerprint density at radius 1 is 1.24 bits per heavy atom. The number of halogens is 1.